The molecule has 0 spiro atoms. The SMILES string of the molecule is CCCCCCCCC/C=C\CCCCCCCC(=O)OC(COC(=O)CCCCCCCCCCCCCCCCCCCCCCCCCCCCCCCCCCCCCCCC)COP(=O)([O-])OCC[N+](C)(C)C. The molecule has 0 bridgehead atoms. The van der Waals surface area contributed by atoms with Gasteiger partial charge in [-0.3, -0.25) is 14.2 Å². The van der Waals surface area contributed by atoms with E-state index in [0.29, 0.717) is 17.4 Å². The maximum atomic E-state index is 12.8. The number of quaternary nitrogens is 1. The van der Waals surface area contributed by atoms with E-state index in [-0.39, 0.29) is 32.0 Å². The summed E-state index contributed by atoms with van der Waals surface area (Å²) in [6, 6.07) is 0. The fourth-order valence-corrected chi connectivity index (χ4v) is 11.2. The summed E-state index contributed by atoms with van der Waals surface area (Å²) in [5.74, 6) is -0.823. The number of allylic oxidation sites excluding steroid dienone is 2. The first-order valence-electron chi connectivity index (χ1n) is 34.4. The third-order valence-corrected chi connectivity index (χ3v) is 16.7. The molecular formula is C68H134NO8P. The van der Waals surface area contributed by atoms with E-state index in [1.807, 2.05) is 21.1 Å². The Morgan fingerprint density at radius 1 is 0.385 bits per heavy atom. The van der Waals surface area contributed by atoms with Gasteiger partial charge in [0.05, 0.1) is 27.7 Å². The molecule has 0 fully saturated rings. The lowest BCUT2D eigenvalue weighted by molar-refractivity contribution is -0.870. The molecule has 0 amide bonds. The van der Waals surface area contributed by atoms with Crippen molar-refractivity contribution in [2.45, 2.75) is 367 Å². The molecule has 0 radical (unpaired) electrons. The lowest BCUT2D eigenvalue weighted by Gasteiger charge is -2.28. The molecule has 10 heteroatoms. The molecule has 9 nitrogen and oxygen atoms in total. The average Bonchev–Trinajstić information content (AvgIpc) is 3.41. The van der Waals surface area contributed by atoms with Crippen LogP contribution in [0, 0.1) is 0 Å². The first-order chi connectivity index (χ1) is 38.0. The predicted molar refractivity (Wildman–Crippen MR) is 333 cm³/mol. The number of unbranched alkanes of at least 4 members (excludes halogenated alkanes) is 49. The highest BCUT2D eigenvalue weighted by atomic mass is 31.2. The third kappa shape index (κ3) is 63.9. The molecule has 0 rings (SSSR count). The van der Waals surface area contributed by atoms with Gasteiger partial charge in [-0.25, -0.2) is 0 Å². The van der Waals surface area contributed by atoms with Crippen molar-refractivity contribution in [3.05, 3.63) is 12.2 Å². The second kappa shape index (κ2) is 60.3. The van der Waals surface area contributed by atoms with Crippen LogP contribution in [-0.4, -0.2) is 70.0 Å². The van der Waals surface area contributed by atoms with E-state index in [1.54, 1.807) is 0 Å². The maximum Gasteiger partial charge on any atom is 0.306 e. The van der Waals surface area contributed by atoms with Gasteiger partial charge in [-0.15, -0.1) is 0 Å². The normalized spacial score (nSPS) is 13.2. The molecule has 0 aliphatic rings. The van der Waals surface area contributed by atoms with Gasteiger partial charge in [-0.1, -0.05) is 321 Å². The van der Waals surface area contributed by atoms with Crippen LogP contribution in [0.1, 0.15) is 361 Å². The van der Waals surface area contributed by atoms with Gasteiger partial charge in [0.25, 0.3) is 7.82 Å². The summed E-state index contributed by atoms with van der Waals surface area (Å²) < 4.78 is 34.2. The highest BCUT2D eigenvalue weighted by molar-refractivity contribution is 7.45. The molecule has 0 aliphatic carbocycles. The summed E-state index contributed by atoms with van der Waals surface area (Å²) in [6.45, 7) is 4.29. The van der Waals surface area contributed by atoms with Crippen molar-refractivity contribution in [3.63, 3.8) is 0 Å². The van der Waals surface area contributed by atoms with Crippen LogP contribution in [0.5, 0.6) is 0 Å². The van der Waals surface area contributed by atoms with Gasteiger partial charge in [-0.2, -0.15) is 0 Å². The van der Waals surface area contributed by atoms with E-state index < -0.39 is 26.5 Å². The fourth-order valence-electron chi connectivity index (χ4n) is 10.5. The Balaban J connectivity index is 3.85. The van der Waals surface area contributed by atoms with Crippen LogP contribution in [-0.2, 0) is 32.7 Å². The number of hydrogen-bond donors (Lipinski definition) is 0. The summed E-state index contributed by atoms with van der Waals surface area (Å²) in [4.78, 5) is 37.9. The molecule has 0 N–H and O–H groups in total. The van der Waals surface area contributed by atoms with E-state index in [4.69, 9.17) is 18.5 Å². The van der Waals surface area contributed by atoms with E-state index in [2.05, 4.69) is 26.0 Å². The third-order valence-electron chi connectivity index (χ3n) is 15.8. The van der Waals surface area contributed by atoms with Crippen molar-refractivity contribution in [3.8, 4) is 0 Å². The minimum absolute atomic E-state index is 0.0287. The molecule has 0 heterocycles. The Morgan fingerprint density at radius 3 is 0.949 bits per heavy atom. The molecule has 464 valence electrons. The van der Waals surface area contributed by atoms with Crippen molar-refractivity contribution in [1.29, 1.82) is 0 Å². The zero-order chi connectivity index (χ0) is 57.0. The summed E-state index contributed by atoms with van der Waals surface area (Å²) in [6.07, 6.45) is 73.2. The molecule has 0 saturated heterocycles. The van der Waals surface area contributed by atoms with Gasteiger partial charge in [0, 0.05) is 12.8 Å². The van der Waals surface area contributed by atoms with Crippen LogP contribution in [0.25, 0.3) is 0 Å². The summed E-state index contributed by atoms with van der Waals surface area (Å²) >= 11 is 0. The zero-order valence-electron chi connectivity index (χ0n) is 52.9. The molecular weight excluding hydrogens is 990 g/mol. The highest BCUT2D eigenvalue weighted by Crippen LogP contribution is 2.38. The van der Waals surface area contributed by atoms with Gasteiger partial charge in [0.2, 0.25) is 0 Å². The number of ether oxygens (including phenoxy) is 2. The number of likely N-dealkylation sites (N-methyl/N-ethyl adjacent to an activating group) is 1. The first kappa shape index (κ1) is 76.8. The number of carbonyl (C=O) groups is 2. The molecule has 0 aromatic carbocycles. The number of nitrogens with zero attached hydrogens (tertiary/aromatic N) is 1. The van der Waals surface area contributed by atoms with Crippen molar-refractivity contribution in [1.82, 2.24) is 0 Å². The first-order valence-corrected chi connectivity index (χ1v) is 35.9. The average molecular weight is 1120 g/mol. The number of rotatable bonds is 65. The van der Waals surface area contributed by atoms with E-state index in [0.717, 1.165) is 51.4 Å². The van der Waals surface area contributed by atoms with Gasteiger partial charge >= 0.3 is 11.9 Å². The Kier molecular flexibility index (Phi) is 59.4. The number of carbonyl (C=O) groups excluding carboxylic acids is 2. The van der Waals surface area contributed by atoms with E-state index in [9.17, 15) is 19.0 Å². The topological polar surface area (TPSA) is 111 Å². The fraction of sp³-hybridized carbons (Fsp3) is 0.941. The molecule has 78 heavy (non-hydrogen) atoms. The minimum atomic E-state index is -4.63. The maximum absolute atomic E-state index is 12.8. The lowest BCUT2D eigenvalue weighted by Crippen LogP contribution is -2.37. The van der Waals surface area contributed by atoms with Crippen LogP contribution in [0.3, 0.4) is 0 Å². The molecule has 0 aromatic heterocycles. The van der Waals surface area contributed by atoms with E-state index in [1.165, 1.54) is 276 Å². The van der Waals surface area contributed by atoms with Gasteiger partial charge < -0.3 is 27.9 Å². The predicted octanol–water partition coefficient (Wildman–Crippen LogP) is 21.3. The number of phosphoric acid groups is 1. The summed E-state index contributed by atoms with van der Waals surface area (Å²) in [7, 11) is 1.18. The molecule has 0 aromatic rings. The zero-order valence-corrected chi connectivity index (χ0v) is 53.8. The summed E-state index contributed by atoms with van der Waals surface area (Å²) in [5, 5.41) is 0. The highest BCUT2D eigenvalue weighted by Gasteiger charge is 2.22. The van der Waals surface area contributed by atoms with Gasteiger partial charge in [-0.05, 0) is 38.5 Å². The Bertz CT molecular complexity index is 1320. The van der Waals surface area contributed by atoms with Crippen LogP contribution < -0.4 is 4.89 Å². The lowest BCUT2D eigenvalue weighted by atomic mass is 10.0. The molecule has 0 saturated carbocycles. The van der Waals surface area contributed by atoms with Gasteiger partial charge in [0.15, 0.2) is 6.10 Å². The van der Waals surface area contributed by atoms with Gasteiger partial charge in [0.1, 0.15) is 19.8 Å². The number of phosphoric ester groups is 1. The van der Waals surface area contributed by atoms with Crippen molar-refractivity contribution in [2.24, 2.45) is 0 Å². The summed E-state index contributed by atoms with van der Waals surface area (Å²) in [5.41, 5.74) is 0. The Labute approximate surface area is 486 Å². The van der Waals surface area contributed by atoms with Crippen LogP contribution in [0.15, 0.2) is 12.2 Å². The van der Waals surface area contributed by atoms with Crippen molar-refractivity contribution < 1.29 is 42.1 Å². The van der Waals surface area contributed by atoms with Crippen LogP contribution >= 0.6 is 7.82 Å². The number of hydrogen-bond acceptors (Lipinski definition) is 8. The largest absolute Gasteiger partial charge is 0.756 e. The smallest absolute Gasteiger partial charge is 0.306 e. The van der Waals surface area contributed by atoms with Crippen molar-refractivity contribution in [2.75, 3.05) is 47.5 Å². The quantitative estimate of drug-likeness (QED) is 0.0195. The monoisotopic (exact) mass is 1120 g/mol. The second-order valence-corrected chi connectivity index (χ2v) is 26.3. The Hall–Kier alpha value is -1.25. The van der Waals surface area contributed by atoms with Crippen LogP contribution in [0.2, 0.25) is 0 Å². The molecule has 2 unspecified atom stereocenters. The van der Waals surface area contributed by atoms with Crippen molar-refractivity contribution >= 4 is 19.8 Å². The Morgan fingerprint density at radius 2 is 0.654 bits per heavy atom. The standard InChI is InChI=1S/C68H134NO8P/c1-6-8-10-12-14-16-18-20-22-24-25-26-27-28-29-30-31-32-33-34-35-36-37-38-39-40-41-42-43-44-45-47-48-50-52-54-56-58-60-67(70)74-64-66(65-76-78(72,73)75-63-62-69(3,4)5)77-68(71)61-59-57-55-53-51-49-46-23-21-19-17-15-13-11-9-7-2/h23,46,66H,6-22,24-45,47-65H2,1-5H3/b46-23-. The second-order valence-electron chi connectivity index (χ2n) is 24.9. The molecule has 0 aliphatic heterocycles. The van der Waals surface area contributed by atoms with Crippen LogP contribution in [0.4, 0.5) is 0 Å². The molecule has 2 atom stereocenters. The number of esters is 2. The van der Waals surface area contributed by atoms with E-state index >= 15 is 0 Å². The minimum Gasteiger partial charge on any atom is -0.756 e.